The minimum absolute atomic E-state index is 0.0727. The Bertz CT molecular complexity index is 494. The molecule has 0 saturated heterocycles. The average molecular weight is 268 g/mol. The third-order valence-corrected chi connectivity index (χ3v) is 3.58. The Hall–Kier alpha value is -1.62. The first-order valence-corrected chi connectivity index (χ1v) is 6.10. The summed E-state index contributed by atoms with van der Waals surface area (Å²) in [6, 6.07) is 3.28. The SMILES string of the molecule is COCc1ccc(OC)c(C2(CC(=O)O)CC2)c1F. The molecule has 0 atom stereocenters. The number of benzene rings is 1. The smallest absolute Gasteiger partial charge is 0.304 e. The zero-order valence-electron chi connectivity index (χ0n) is 11.0. The van der Waals surface area contributed by atoms with Gasteiger partial charge in [-0.1, -0.05) is 6.07 Å². The summed E-state index contributed by atoms with van der Waals surface area (Å²) in [6.45, 7) is 0.159. The van der Waals surface area contributed by atoms with E-state index in [0.29, 0.717) is 29.7 Å². The molecule has 0 heterocycles. The molecule has 1 aliphatic rings. The second-order valence-electron chi connectivity index (χ2n) is 4.90. The molecule has 19 heavy (non-hydrogen) atoms. The minimum Gasteiger partial charge on any atom is -0.496 e. The Morgan fingerprint density at radius 2 is 2.11 bits per heavy atom. The molecule has 4 nitrogen and oxygen atoms in total. The van der Waals surface area contributed by atoms with Crippen molar-refractivity contribution in [1.82, 2.24) is 0 Å². The van der Waals surface area contributed by atoms with Crippen LogP contribution in [0.1, 0.15) is 30.4 Å². The van der Waals surface area contributed by atoms with Gasteiger partial charge in [0.2, 0.25) is 0 Å². The maximum atomic E-state index is 14.5. The summed E-state index contributed by atoms with van der Waals surface area (Å²) in [5, 5.41) is 8.99. The van der Waals surface area contributed by atoms with Crippen LogP contribution in [0.2, 0.25) is 0 Å². The highest BCUT2D eigenvalue weighted by Gasteiger charge is 2.49. The second-order valence-corrected chi connectivity index (χ2v) is 4.90. The van der Waals surface area contributed by atoms with Gasteiger partial charge in [0.1, 0.15) is 11.6 Å². The Balaban J connectivity index is 2.47. The van der Waals surface area contributed by atoms with Gasteiger partial charge in [0.15, 0.2) is 0 Å². The lowest BCUT2D eigenvalue weighted by Crippen LogP contribution is -2.17. The number of rotatable bonds is 6. The second kappa shape index (κ2) is 5.17. The van der Waals surface area contributed by atoms with Crippen molar-refractivity contribution in [3.05, 3.63) is 29.1 Å². The molecule has 0 aromatic heterocycles. The normalized spacial score (nSPS) is 16.2. The molecule has 1 aromatic rings. The van der Waals surface area contributed by atoms with Gasteiger partial charge in [0, 0.05) is 23.7 Å². The van der Waals surface area contributed by atoms with Gasteiger partial charge in [-0.15, -0.1) is 0 Å². The zero-order chi connectivity index (χ0) is 14.0. The number of carboxylic acid groups (broad SMARTS) is 1. The van der Waals surface area contributed by atoms with E-state index >= 15 is 0 Å². The first kappa shape index (κ1) is 13.8. The van der Waals surface area contributed by atoms with Crippen molar-refractivity contribution in [2.24, 2.45) is 0 Å². The van der Waals surface area contributed by atoms with E-state index in [1.54, 1.807) is 12.1 Å². The molecule has 1 aliphatic carbocycles. The highest BCUT2D eigenvalue weighted by molar-refractivity contribution is 5.70. The quantitative estimate of drug-likeness (QED) is 0.861. The van der Waals surface area contributed by atoms with Gasteiger partial charge in [-0.05, 0) is 18.9 Å². The van der Waals surface area contributed by atoms with Crippen molar-refractivity contribution in [3.8, 4) is 5.75 Å². The number of hydrogen-bond acceptors (Lipinski definition) is 3. The Kier molecular flexibility index (Phi) is 3.75. The van der Waals surface area contributed by atoms with Crippen LogP contribution in [-0.4, -0.2) is 25.3 Å². The summed E-state index contributed by atoms with van der Waals surface area (Å²) in [5.41, 5.74) is 0.187. The molecule has 0 bridgehead atoms. The predicted octanol–water partition coefficient (Wildman–Crippen LogP) is 2.49. The maximum absolute atomic E-state index is 14.5. The number of ether oxygens (including phenoxy) is 2. The molecule has 2 rings (SSSR count). The predicted molar refractivity (Wildman–Crippen MR) is 66.8 cm³/mol. The first-order valence-electron chi connectivity index (χ1n) is 6.10. The van der Waals surface area contributed by atoms with Gasteiger partial charge >= 0.3 is 5.97 Å². The number of carboxylic acids is 1. The monoisotopic (exact) mass is 268 g/mol. The van der Waals surface area contributed by atoms with E-state index in [1.165, 1.54) is 14.2 Å². The fraction of sp³-hybridized carbons (Fsp3) is 0.500. The molecular formula is C14H17FO4. The molecule has 0 aliphatic heterocycles. The van der Waals surface area contributed by atoms with E-state index in [9.17, 15) is 9.18 Å². The minimum atomic E-state index is -0.920. The summed E-state index contributed by atoms with van der Waals surface area (Å²) < 4.78 is 24.7. The van der Waals surface area contributed by atoms with Crippen molar-refractivity contribution < 1.29 is 23.8 Å². The van der Waals surface area contributed by atoms with Crippen LogP contribution in [0.4, 0.5) is 4.39 Å². The molecule has 0 amide bonds. The third-order valence-electron chi connectivity index (χ3n) is 3.58. The summed E-state index contributed by atoms with van der Waals surface area (Å²) in [5.74, 6) is -0.910. The van der Waals surface area contributed by atoms with E-state index < -0.39 is 17.2 Å². The van der Waals surface area contributed by atoms with Gasteiger partial charge in [-0.3, -0.25) is 4.79 Å². The molecule has 1 fully saturated rings. The molecule has 5 heteroatoms. The largest absolute Gasteiger partial charge is 0.496 e. The maximum Gasteiger partial charge on any atom is 0.304 e. The molecular weight excluding hydrogens is 251 g/mol. The van der Waals surface area contributed by atoms with Gasteiger partial charge in [-0.2, -0.15) is 0 Å². The molecule has 1 aromatic carbocycles. The van der Waals surface area contributed by atoms with E-state index in [2.05, 4.69) is 0 Å². The van der Waals surface area contributed by atoms with Crippen molar-refractivity contribution >= 4 is 5.97 Å². The summed E-state index contributed by atoms with van der Waals surface area (Å²) in [7, 11) is 2.96. The summed E-state index contributed by atoms with van der Waals surface area (Å²) in [6.07, 6.45) is 1.27. The fourth-order valence-corrected chi connectivity index (χ4v) is 2.49. The lowest BCUT2D eigenvalue weighted by atomic mass is 9.89. The van der Waals surface area contributed by atoms with E-state index in [1.807, 2.05) is 0 Å². The Morgan fingerprint density at radius 3 is 2.58 bits per heavy atom. The molecule has 104 valence electrons. The van der Waals surface area contributed by atoms with Crippen LogP contribution in [-0.2, 0) is 21.6 Å². The molecule has 1 N–H and O–H groups in total. The molecule has 0 spiro atoms. The van der Waals surface area contributed by atoms with Crippen LogP contribution < -0.4 is 4.74 Å². The molecule has 1 saturated carbocycles. The lowest BCUT2D eigenvalue weighted by molar-refractivity contribution is -0.137. The van der Waals surface area contributed by atoms with Crippen LogP contribution >= 0.6 is 0 Å². The summed E-state index contributed by atoms with van der Waals surface area (Å²) >= 11 is 0. The third kappa shape index (κ3) is 2.56. The molecule has 0 unspecified atom stereocenters. The van der Waals surface area contributed by atoms with Crippen LogP contribution in [0, 0.1) is 5.82 Å². The van der Waals surface area contributed by atoms with Crippen molar-refractivity contribution in [1.29, 1.82) is 0 Å². The van der Waals surface area contributed by atoms with E-state index in [0.717, 1.165) is 0 Å². The fourth-order valence-electron chi connectivity index (χ4n) is 2.49. The van der Waals surface area contributed by atoms with Gasteiger partial charge in [0.05, 0.1) is 20.1 Å². The van der Waals surface area contributed by atoms with Crippen molar-refractivity contribution in [2.45, 2.75) is 31.3 Å². The van der Waals surface area contributed by atoms with Gasteiger partial charge < -0.3 is 14.6 Å². The Morgan fingerprint density at radius 1 is 1.42 bits per heavy atom. The van der Waals surface area contributed by atoms with E-state index in [4.69, 9.17) is 14.6 Å². The van der Waals surface area contributed by atoms with Crippen LogP contribution in [0.25, 0.3) is 0 Å². The van der Waals surface area contributed by atoms with Gasteiger partial charge in [-0.25, -0.2) is 4.39 Å². The number of carbonyl (C=O) groups is 1. The number of halogens is 1. The average Bonchev–Trinajstić information content (AvgIpc) is 3.11. The Labute approximate surface area is 111 Å². The highest BCUT2D eigenvalue weighted by Crippen LogP contribution is 2.55. The van der Waals surface area contributed by atoms with Crippen molar-refractivity contribution in [3.63, 3.8) is 0 Å². The van der Waals surface area contributed by atoms with Crippen LogP contribution in [0.15, 0.2) is 12.1 Å². The van der Waals surface area contributed by atoms with Crippen LogP contribution in [0.5, 0.6) is 5.75 Å². The number of aliphatic carboxylic acids is 1. The van der Waals surface area contributed by atoms with E-state index in [-0.39, 0.29) is 13.0 Å². The highest BCUT2D eigenvalue weighted by atomic mass is 19.1. The standard InChI is InChI=1S/C14H17FO4/c1-18-8-9-3-4-10(19-2)12(13(9)15)14(5-6-14)7-11(16)17/h3-4H,5-8H2,1-2H3,(H,16,17). The topological polar surface area (TPSA) is 55.8 Å². The van der Waals surface area contributed by atoms with Crippen molar-refractivity contribution in [2.75, 3.05) is 14.2 Å². The number of hydrogen-bond donors (Lipinski definition) is 1. The van der Waals surface area contributed by atoms with Gasteiger partial charge in [0.25, 0.3) is 0 Å². The zero-order valence-corrected chi connectivity index (χ0v) is 11.0. The summed E-state index contributed by atoms with van der Waals surface area (Å²) in [4.78, 5) is 11.0. The molecule has 0 radical (unpaired) electrons. The van der Waals surface area contributed by atoms with Crippen LogP contribution in [0.3, 0.4) is 0 Å². The lowest BCUT2D eigenvalue weighted by Gasteiger charge is -2.19. The first-order chi connectivity index (χ1) is 9.04. The number of methoxy groups -OCH3 is 2.